The average Bonchev–Trinajstić information content (AvgIpc) is 1.68. The Morgan fingerprint density at radius 2 is 2.14 bits per heavy atom. The number of hydrogen-bond donors (Lipinski definition) is 0. The minimum atomic E-state index is -0.208. The van der Waals surface area contributed by atoms with E-state index in [9.17, 15) is 5.11 Å². The normalized spacial score (nSPS) is 11.3. The average molecular weight is 99.2 g/mol. The molecule has 0 rings (SSSR count). The van der Waals surface area contributed by atoms with E-state index in [1.54, 1.807) is 6.08 Å². The van der Waals surface area contributed by atoms with Crippen LogP contribution in [0.1, 0.15) is 13.8 Å². The van der Waals surface area contributed by atoms with Crippen LogP contribution in [0.5, 0.6) is 0 Å². The van der Waals surface area contributed by atoms with Crippen LogP contribution in [-0.4, -0.2) is 6.61 Å². The van der Waals surface area contributed by atoms with Gasteiger partial charge in [0.2, 0.25) is 0 Å². The molecule has 0 saturated carbocycles. The van der Waals surface area contributed by atoms with E-state index in [1.165, 1.54) is 0 Å². The van der Waals surface area contributed by atoms with Gasteiger partial charge in [-0.1, -0.05) is 19.9 Å². The first kappa shape index (κ1) is 6.70. The smallest absolute Gasteiger partial charge is 0.0907 e. The molecule has 0 aromatic heterocycles. The van der Waals surface area contributed by atoms with Crippen molar-refractivity contribution in [1.29, 1.82) is 0 Å². The summed E-state index contributed by atoms with van der Waals surface area (Å²) in [5.41, 5.74) is -0.208. The van der Waals surface area contributed by atoms with Gasteiger partial charge in [-0.05, 0) is 0 Å². The lowest BCUT2D eigenvalue weighted by molar-refractivity contribution is 0.122. The van der Waals surface area contributed by atoms with Gasteiger partial charge in [-0.3, -0.25) is 0 Å². The summed E-state index contributed by atoms with van der Waals surface area (Å²) in [5, 5.41) is 10.1. The van der Waals surface area contributed by atoms with Crippen molar-refractivity contribution in [2.45, 2.75) is 13.8 Å². The standard InChI is InChI=1S/C6H11O/c1-4-6(2,3)5-7/h4H,1,5H2,2-3H3. The fourth-order valence-electron chi connectivity index (χ4n) is 0.0589. The highest BCUT2D eigenvalue weighted by Crippen LogP contribution is 2.13. The molecular formula is C6H11O. The van der Waals surface area contributed by atoms with E-state index in [2.05, 4.69) is 6.58 Å². The van der Waals surface area contributed by atoms with Crippen molar-refractivity contribution in [1.82, 2.24) is 0 Å². The summed E-state index contributed by atoms with van der Waals surface area (Å²) in [6, 6.07) is 0. The highest BCUT2D eigenvalue weighted by atomic mass is 16.3. The van der Waals surface area contributed by atoms with Gasteiger partial charge < -0.3 is 0 Å². The Labute approximate surface area is 44.7 Å². The van der Waals surface area contributed by atoms with Gasteiger partial charge in [0.1, 0.15) is 0 Å². The summed E-state index contributed by atoms with van der Waals surface area (Å²) in [6.45, 7) is 7.17. The third-order valence-electron chi connectivity index (χ3n) is 0.925. The van der Waals surface area contributed by atoms with Crippen molar-refractivity contribution < 1.29 is 5.11 Å². The van der Waals surface area contributed by atoms with Gasteiger partial charge in [-0.2, -0.15) is 0 Å². The molecule has 41 valence electrons. The van der Waals surface area contributed by atoms with Crippen molar-refractivity contribution in [3.05, 3.63) is 12.7 Å². The molecule has 0 amide bonds. The summed E-state index contributed by atoms with van der Waals surface area (Å²) < 4.78 is 0. The molecule has 1 nitrogen and oxygen atoms in total. The maximum atomic E-state index is 10.1. The zero-order chi connectivity index (χ0) is 5.91. The first-order chi connectivity index (χ1) is 3.12. The van der Waals surface area contributed by atoms with Crippen molar-refractivity contribution in [2.75, 3.05) is 6.61 Å². The van der Waals surface area contributed by atoms with Gasteiger partial charge >= 0.3 is 0 Å². The van der Waals surface area contributed by atoms with E-state index >= 15 is 0 Å². The van der Waals surface area contributed by atoms with Crippen molar-refractivity contribution in [3.8, 4) is 0 Å². The third-order valence-corrected chi connectivity index (χ3v) is 0.925. The quantitative estimate of drug-likeness (QED) is 0.469. The molecule has 0 bridgehead atoms. The van der Waals surface area contributed by atoms with Gasteiger partial charge in [0.25, 0.3) is 0 Å². The lowest BCUT2D eigenvalue weighted by atomic mass is 9.96. The SMILES string of the molecule is C=CC(C)(C)C[O]. The van der Waals surface area contributed by atoms with Crippen LogP contribution in [0.4, 0.5) is 0 Å². The molecule has 0 aliphatic carbocycles. The van der Waals surface area contributed by atoms with Crippen LogP contribution in [0.25, 0.3) is 0 Å². The first-order valence-corrected chi connectivity index (χ1v) is 2.34. The number of rotatable bonds is 2. The Bertz CT molecular complexity index is 64.6. The zero-order valence-corrected chi connectivity index (χ0v) is 4.90. The maximum absolute atomic E-state index is 10.1. The molecule has 0 aliphatic rings. The molecule has 0 N–H and O–H groups in total. The summed E-state index contributed by atoms with van der Waals surface area (Å²) in [4.78, 5) is 0. The Hall–Kier alpha value is -0.300. The summed E-state index contributed by atoms with van der Waals surface area (Å²) >= 11 is 0. The molecule has 7 heavy (non-hydrogen) atoms. The van der Waals surface area contributed by atoms with Gasteiger partial charge in [-0.15, -0.1) is 6.58 Å². The maximum Gasteiger partial charge on any atom is 0.0907 e. The van der Waals surface area contributed by atoms with Gasteiger partial charge in [0, 0.05) is 5.41 Å². The van der Waals surface area contributed by atoms with E-state index < -0.39 is 0 Å². The van der Waals surface area contributed by atoms with Gasteiger partial charge in [0.05, 0.1) is 6.61 Å². The predicted molar refractivity (Wildman–Crippen MR) is 29.5 cm³/mol. The molecule has 1 heteroatoms. The Morgan fingerprint density at radius 1 is 1.71 bits per heavy atom. The van der Waals surface area contributed by atoms with Crippen LogP contribution < -0.4 is 0 Å². The van der Waals surface area contributed by atoms with E-state index in [-0.39, 0.29) is 12.0 Å². The van der Waals surface area contributed by atoms with E-state index in [0.29, 0.717) is 0 Å². The van der Waals surface area contributed by atoms with Crippen LogP contribution in [0, 0.1) is 5.41 Å². The van der Waals surface area contributed by atoms with Crippen LogP contribution in [0.3, 0.4) is 0 Å². The molecule has 0 spiro atoms. The highest BCUT2D eigenvalue weighted by Gasteiger charge is 2.09. The zero-order valence-electron chi connectivity index (χ0n) is 4.90. The lowest BCUT2D eigenvalue weighted by Gasteiger charge is -2.12. The van der Waals surface area contributed by atoms with Crippen LogP contribution in [-0.2, 0) is 5.11 Å². The molecule has 0 atom stereocenters. The summed E-state index contributed by atoms with van der Waals surface area (Å²) in [6.07, 6.45) is 1.68. The second-order valence-corrected chi connectivity index (χ2v) is 2.34. The summed E-state index contributed by atoms with van der Waals surface area (Å²) in [5.74, 6) is 0. The highest BCUT2D eigenvalue weighted by molar-refractivity contribution is 4.86. The first-order valence-electron chi connectivity index (χ1n) is 2.34. The van der Waals surface area contributed by atoms with Crippen LogP contribution in [0.15, 0.2) is 12.7 Å². The molecule has 0 unspecified atom stereocenters. The molecule has 0 fully saturated rings. The Kier molecular flexibility index (Phi) is 2.03. The van der Waals surface area contributed by atoms with Gasteiger partial charge in [-0.25, -0.2) is 5.11 Å². The largest absolute Gasteiger partial charge is 0.236 e. The van der Waals surface area contributed by atoms with Crippen molar-refractivity contribution in [3.63, 3.8) is 0 Å². The second-order valence-electron chi connectivity index (χ2n) is 2.34. The monoisotopic (exact) mass is 99.1 g/mol. The molecule has 0 aromatic rings. The molecule has 1 radical (unpaired) electrons. The minimum Gasteiger partial charge on any atom is -0.236 e. The lowest BCUT2D eigenvalue weighted by Crippen LogP contribution is -2.10. The second kappa shape index (κ2) is 2.12. The summed E-state index contributed by atoms with van der Waals surface area (Å²) in [7, 11) is 0. The van der Waals surface area contributed by atoms with E-state index in [0.717, 1.165) is 0 Å². The van der Waals surface area contributed by atoms with Crippen molar-refractivity contribution >= 4 is 0 Å². The molecule has 0 aromatic carbocycles. The topological polar surface area (TPSA) is 19.9 Å². The minimum absolute atomic E-state index is 0.0729. The fraction of sp³-hybridized carbons (Fsp3) is 0.667. The van der Waals surface area contributed by atoms with E-state index in [1.807, 2.05) is 13.8 Å². The Balaban J connectivity index is 3.58. The predicted octanol–water partition coefficient (Wildman–Crippen LogP) is 1.63. The van der Waals surface area contributed by atoms with E-state index in [4.69, 9.17) is 0 Å². The van der Waals surface area contributed by atoms with Gasteiger partial charge in [0.15, 0.2) is 0 Å². The molecule has 0 heterocycles. The third kappa shape index (κ3) is 2.40. The molecule has 0 saturated heterocycles. The van der Waals surface area contributed by atoms with Crippen molar-refractivity contribution in [2.24, 2.45) is 5.41 Å². The molecule has 0 aliphatic heterocycles. The Morgan fingerprint density at radius 3 is 2.14 bits per heavy atom. The fourth-order valence-corrected chi connectivity index (χ4v) is 0.0589. The molecular weight excluding hydrogens is 88.1 g/mol. The van der Waals surface area contributed by atoms with Crippen LogP contribution in [0.2, 0.25) is 0 Å². The number of hydrogen-bond acceptors (Lipinski definition) is 0. The van der Waals surface area contributed by atoms with Crippen LogP contribution >= 0.6 is 0 Å².